The lowest BCUT2D eigenvalue weighted by Gasteiger charge is -2.26. The third kappa shape index (κ3) is 4.31. The Labute approximate surface area is 160 Å². The molecular formula is C20H20BrFN2O2. The van der Waals surface area contributed by atoms with Crippen LogP contribution in [0.4, 0.5) is 4.39 Å². The molecule has 1 atom stereocenters. The first-order valence-corrected chi connectivity index (χ1v) is 9.06. The number of benzene rings is 2. The molecule has 3 rings (SSSR count). The van der Waals surface area contributed by atoms with E-state index in [1.54, 1.807) is 6.07 Å². The number of nitrogens with zero attached hydrogens (tertiary/aromatic N) is 1. The van der Waals surface area contributed by atoms with Gasteiger partial charge in [-0.2, -0.15) is 0 Å². The highest BCUT2D eigenvalue weighted by Gasteiger charge is 2.20. The molecule has 0 aliphatic carbocycles. The summed E-state index contributed by atoms with van der Waals surface area (Å²) < 4.78 is 20.1. The lowest BCUT2D eigenvalue weighted by Crippen LogP contribution is -2.36. The smallest absolute Gasteiger partial charge is 0.250 e. The van der Waals surface area contributed by atoms with Gasteiger partial charge < -0.3 is 15.0 Å². The molecule has 2 aromatic rings. The van der Waals surface area contributed by atoms with Gasteiger partial charge in [0.15, 0.2) is 0 Å². The summed E-state index contributed by atoms with van der Waals surface area (Å²) in [5.41, 5.74) is 2.25. The fourth-order valence-electron chi connectivity index (χ4n) is 2.89. The van der Waals surface area contributed by atoms with Crippen molar-refractivity contribution >= 4 is 27.9 Å². The van der Waals surface area contributed by atoms with Crippen LogP contribution in [0.5, 0.6) is 5.75 Å². The number of likely N-dealkylation sites (N-methyl/N-ethyl adjacent to an activating group) is 1. The van der Waals surface area contributed by atoms with Crippen LogP contribution in [0.15, 0.2) is 52.5 Å². The first kappa shape index (κ1) is 18.6. The van der Waals surface area contributed by atoms with Gasteiger partial charge in [-0.1, -0.05) is 28.1 Å². The SMILES string of the molecule is CN(C)[C@H](CNC(=O)C1=Cc2cc(Br)ccc2OC1)c1cccc(F)c1. The van der Waals surface area contributed by atoms with Crippen molar-refractivity contribution in [3.63, 3.8) is 0 Å². The fourth-order valence-corrected chi connectivity index (χ4v) is 3.27. The van der Waals surface area contributed by atoms with Crippen LogP contribution in [0.2, 0.25) is 0 Å². The Morgan fingerprint density at radius 3 is 2.85 bits per heavy atom. The topological polar surface area (TPSA) is 41.6 Å². The summed E-state index contributed by atoms with van der Waals surface area (Å²) >= 11 is 3.42. The molecular weight excluding hydrogens is 399 g/mol. The molecule has 0 radical (unpaired) electrons. The second kappa shape index (κ2) is 8.01. The van der Waals surface area contributed by atoms with E-state index in [1.165, 1.54) is 12.1 Å². The number of ether oxygens (including phenoxy) is 1. The minimum absolute atomic E-state index is 0.124. The Hall–Kier alpha value is -2.18. The average Bonchev–Trinajstić information content (AvgIpc) is 2.61. The molecule has 1 aliphatic rings. The van der Waals surface area contributed by atoms with Gasteiger partial charge in [0.1, 0.15) is 18.2 Å². The Morgan fingerprint density at radius 2 is 2.12 bits per heavy atom. The maximum Gasteiger partial charge on any atom is 0.250 e. The van der Waals surface area contributed by atoms with Gasteiger partial charge in [-0.15, -0.1) is 0 Å². The normalized spacial score (nSPS) is 14.3. The van der Waals surface area contributed by atoms with Crippen molar-refractivity contribution in [2.75, 3.05) is 27.2 Å². The molecule has 0 saturated heterocycles. The van der Waals surface area contributed by atoms with Crippen molar-refractivity contribution in [2.45, 2.75) is 6.04 Å². The van der Waals surface area contributed by atoms with Crippen molar-refractivity contribution in [3.05, 3.63) is 69.5 Å². The predicted molar refractivity (Wildman–Crippen MR) is 103 cm³/mol. The second-order valence-corrected chi connectivity index (χ2v) is 7.30. The van der Waals surface area contributed by atoms with E-state index < -0.39 is 0 Å². The molecule has 0 bridgehead atoms. The standard InChI is InChI=1S/C20H20BrFN2O2/c1-24(2)18(13-4-3-5-17(22)10-13)11-23-20(25)15-8-14-9-16(21)6-7-19(14)26-12-15/h3-10,18H,11-12H2,1-2H3,(H,23,25)/t18-/m1/s1. The van der Waals surface area contributed by atoms with Gasteiger partial charge >= 0.3 is 0 Å². The molecule has 1 amide bonds. The minimum Gasteiger partial charge on any atom is -0.488 e. The number of halogens is 2. The number of rotatable bonds is 5. The summed E-state index contributed by atoms with van der Waals surface area (Å²) in [6, 6.07) is 12.0. The van der Waals surface area contributed by atoms with E-state index in [0.29, 0.717) is 12.1 Å². The zero-order chi connectivity index (χ0) is 18.7. The van der Waals surface area contributed by atoms with Gasteiger partial charge in [-0.25, -0.2) is 4.39 Å². The average molecular weight is 419 g/mol. The van der Waals surface area contributed by atoms with Crippen molar-refractivity contribution in [1.29, 1.82) is 0 Å². The lowest BCUT2D eigenvalue weighted by atomic mass is 10.0. The van der Waals surface area contributed by atoms with Gasteiger partial charge in [0.25, 0.3) is 5.91 Å². The number of hydrogen-bond donors (Lipinski definition) is 1. The Kier molecular flexibility index (Phi) is 5.74. The predicted octanol–water partition coefficient (Wildman–Crippen LogP) is 3.78. The third-order valence-electron chi connectivity index (χ3n) is 4.29. The molecule has 1 N–H and O–H groups in total. The van der Waals surface area contributed by atoms with Gasteiger partial charge in [0.05, 0.1) is 11.6 Å². The van der Waals surface area contributed by atoms with E-state index in [4.69, 9.17) is 4.74 Å². The highest BCUT2D eigenvalue weighted by atomic mass is 79.9. The Balaban J connectivity index is 1.71. The van der Waals surface area contributed by atoms with Gasteiger partial charge in [-0.05, 0) is 56.1 Å². The van der Waals surface area contributed by atoms with Crippen LogP contribution in [0.25, 0.3) is 6.08 Å². The molecule has 136 valence electrons. The van der Waals surface area contributed by atoms with E-state index in [-0.39, 0.29) is 24.4 Å². The molecule has 0 spiro atoms. The fraction of sp³-hybridized carbons (Fsp3) is 0.250. The Morgan fingerprint density at radius 1 is 1.31 bits per heavy atom. The highest BCUT2D eigenvalue weighted by molar-refractivity contribution is 9.10. The van der Waals surface area contributed by atoms with Crippen LogP contribution >= 0.6 is 15.9 Å². The van der Waals surface area contributed by atoms with E-state index in [0.717, 1.165) is 21.3 Å². The summed E-state index contributed by atoms with van der Waals surface area (Å²) in [6.45, 7) is 0.602. The quantitative estimate of drug-likeness (QED) is 0.802. The molecule has 1 heterocycles. The van der Waals surface area contributed by atoms with E-state index in [1.807, 2.05) is 49.3 Å². The summed E-state index contributed by atoms with van der Waals surface area (Å²) in [5, 5.41) is 2.93. The van der Waals surface area contributed by atoms with Crippen molar-refractivity contribution < 1.29 is 13.9 Å². The van der Waals surface area contributed by atoms with Crippen LogP contribution in [-0.2, 0) is 4.79 Å². The van der Waals surface area contributed by atoms with Crippen LogP contribution in [-0.4, -0.2) is 38.1 Å². The second-order valence-electron chi connectivity index (χ2n) is 6.38. The summed E-state index contributed by atoms with van der Waals surface area (Å²) in [7, 11) is 3.80. The molecule has 4 nitrogen and oxygen atoms in total. The molecule has 0 fully saturated rings. The van der Waals surface area contributed by atoms with Crippen LogP contribution in [0.1, 0.15) is 17.2 Å². The maximum atomic E-state index is 13.5. The molecule has 6 heteroatoms. The monoisotopic (exact) mass is 418 g/mol. The Bertz CT molecular complexity index is 851. The zero-order valence-electron chi connectivity index (χ0n) is 14.6. The first-order chi connectivity index (χ1) is 12.4. The molecule has 26 heavy (non-hydrogen) atoms. The van der Waals surface area contributed by atoms with Crippen LogP contribution < -0.4 is 10.1 Å². The number of carbonyl (C=O) groups excluding carboxylic acids is 1. The number of fused-ring (bicyclic) bond motifs is 1. The summed E-state index contributed by atoms with van der Waals surface area (Å²) in [6.07, 6.45) is 1.84. The summed E-state index contributed by atoms with van der Waals surface area (Å²) in [4.78, 5) is 14.5. The van der Waals surface area contributed by atoms with Gasteiger partial charge in [-0.3, -0.25) is 4.79 Å². The first-order valence-electron chi connectivity index (χ1n) is 8.27. The number of hydrogen-bond acceptors (Lipinski definition) is 3. The largest absolute Gasteiger partial charge is 0.488 e. The maximum absolute atomic E-state index is 13.5. The van der Waals surface area contributed by atoms with Crippen LogP contribution in [0, 0.1) is 5.82 Å². The number of nitrogens with one attached hydrogen (secondary N) is 1. The van der Waals surface area contributed by atoms with Crippen LogP contribution in [0.3, 0.4) is 0 Å². The summed E-state index contributed by atoms with van der Waals surface area (Å²) in [5.74, 6) is 0.292. The van der Waals surface area contributed by atoms with Crippen molar-refractivity contribution in [2.24, 2.45) is 0 Å². The molecule has 0 aromatic heterocycles. The molecule has 1 aliphatic heterocycles. The van der Waals surface area contributed by atoms with E-state index >= 15 is 0 Å². The van der Waals surface area contributed by atoms with Crippen molar-refractivity contribution in [1.82, 2.24) is 10.2 Å². The van der Waals surface area contributed by atoms with Gasteiger partial charge in [0, 0.05) is 16.6 Å². The minimum atomic E-state index is -0.286. The number of amides is 1. The zero-order valence-corrected chi connectivity index (χ0v) is 16.2. The van der Waals surface area contributed by atoms with Crippen molar-refractivity contribution in [3.8, 4) is 5.75 Å². The molecule has 0 saturated carbocycles. The number of carbonyl (C=O) groups is 1. The van der Waals surface area contributed by atoms with Gasteiger partial charge in [0.2, 0.25) is 0 Å². The highest BCUT2D eigenvalue weighted by Crippen LogP contribution is 2.29. The van der Waals surface area contributed by atoms with E-state index in [9.17, 15) is 9.18 Å². The van der Waals surface area contributed by atoms with E-state index in [2.05, 4.69) is 21.2 Å². The molecule has 2 aromatic carbocycles. The lowest BCUT2D eigenvalue weighted by molar-refractivity contribution is -0.118. The molecule has 0 unspecified atom stereocenters. The third-order valence-corrected chi connectivity index (χ3v) is 4.78.